The maximum atomic E-state index is 13.1. The maximum absolute atomic E-state index is 13.1. The maximum Gasteiger partial charge on any atom is 0.337 e. The largest absolute Gasteiger partial charge is 0.478 e. The quantitative estimate of drug-likeness (QED) is 0.898. The number of nitrogens with one attached hydrogen (secondary N) is 1. The van der Waals surface area contributed by atoms with Gasteiger partial charge in [-0.3, -0.25) is 0 Å². The van der Waals surface area contributed by atoms with Crippen LogP contribution in [0.3, 0.4) is 0 Å². The molecule has 0 aliphatic carbocycles. The van der Waals surface area contributed by atoms with E-state index in [4.69, 9.17) is 5.11 Å². The van der Waals surface area contributed by atoms with Crippen LogP contribution in [0.15, 0.2) is 42.5 Å². The zero-order valence-electron chi connectivity index (χ0n) is 11.2. The van der Waals surface area contributed by atoms with Crippen LogP contribution in [0.25, 0.3) is 0 Å². The zero-order valence-corrected chi connectivity index (χ0v) is 11.2. The molecule has 0 saturated carbocycles. The van der Waals surface area contributed by atoms with Crippen molar-refractivity contribution in [1.82, 2.24) is 0 Å². The lowest BCUT2D eigenvalue weighted by Gasteiger charge is -2.15. The molecule has 0 amide bonds. The van der Waals surface area contributed by atoms with Crippen molar-refractivity contribution in [3.05, 3.63) is 53.8 Å². The van der Waals surface area contributed by atoms with Gasteiger partial charge in [0.2, 0.25) is 0 Å². The van der Waals surface area contributed by atoms with Gasteiger partial charge in [-0.2, -0.15) is 0 Å². The van der Waals surface area contributed by atoms with Crippen LogP contribution in [0.2, 0.25) is 0 Å². The van der Waals surface area contributed by atoms with E-state index < -0.39 is 11.8 Å². The molecular weight excluding hydrogens is 259 g/mol. The van der Waals surface area contributed by atoms with Crippen molar-refractivity contribution in [2.45, 2.75) is 0 Å². The standard InChI is InChI=1S/C15H15FN2O2/c1-18(2)12-5-3-4-11(9-12)17-14-7-6-10(16)8-13(14)15(19)20/h3-9,17H,1-2H3,(H,19,20). The Kier molecular flexibility index (Phi) is 3.89. The number of carboxylic acid groups (broad SMARTS) is 1. The van der Waals surface area contributed by atoms with Crippen molar-refractivity contribution < 1.29 is 14.3 Å². The van der Waals surface area contributed by atoms with E-state index in [2.05, 4.69) is 5.32 Å². The highest BCUT2D eigenvalue weighted by Gasteiger charge is 2.11. The van der Waals surface area contributed by atoms with Gasteiger partial charge in [0, 0.05) is 25.5 Å². The minimum atomic E-state index is -1.17. The average molecular weight is 274 g/mol. The molecule has 104 valence electrons. The summed E-state index contributed by atoms with van der Waals surface area (Å²) in [5, 5.41) is 12.1. The van der Waals surface area contributed by atoms with E-state index in [1.54, 1.807) is 0 Å². The summed E-state index contributed by atoms with van der Waals surface area (Å²) in [6.45, 7) is 0. The first-order valence-electron chi connectivity index (χ1n) is 6.04. The minimum Gasteiger partial charge on any atom is -0.478 e. The third kappa shape index (κ3) is 3.06. The predicted molar refractivity (Wildman–Crippen MR) is 77.4 cm³/mol. The first-order valence-corrected chi connectivity index (χ1v) is 6.04. The number of hydrogen-bond donors (Lipinski definition) is 2. The van der Waals surface area contributed by atoms with E-state index in [0.717, 1.165) is 17.4 Å². The van der Waals surface area contributed by atoms with Crippen LogP contribution in [-0.2, 0) is 0 Å². The predicted octanol–water partition coefficient (Wildman–Crippen LogP) is 3.33. The van der Waals surface area contributed by atoms with E-state index in [9.17, 15) is 9.18 Å². The minimum absolute atomic E-state index is 0.0970. The van der Waals surface area contributed by atoms with E-state index >= 15 is 0 Å². The molecule has 2 aromatic rings. The molecule has 0 atom stereocenters. The van der Waals surface area contributed by atoms with E-state index in [1.807, 2.05) is 43.3 Å². The number of benzene rings is 2. The molecule has 4 nitrogen and oxygen atoms in total. The summed E-state index contributed by atoms with van der Waals surface area (Å²) < 4.78 is 13.1. The van der Waals surface area contributed by atoms with Gasteiger partial charge in [-0.05, 0) is 36.4 Å². The lowest BCUT2D eigenvalue weighted by molar-refractivity contribution is 0.0697. The van der Waals surface area contributed by atoms with Gasteiger partial charge in [0.1, 0.15) is 5.82 Å². The summed E-state index contributed by atoms with van der Waals surface area (Å²) >= 11 is 0. The summed E-state index contributed by atoms with van der Waals surface area (Å²) in [5.74, 6) is -1.74. The Hall–Kier alpha value is -2.56. The summed E-state index contributed by atoms with van der Waals surface area (Å²) in [6.07, 6.45) is 0. The Labute approximate surface area is 116 Å². The molecule has 0 saturated heterocycles. The second kappa shape index (κ2) is 5.61. The zero-order chi connectivity index (χ0) is 14.7. The van der Waals surface area contributed by atoms with Gasteiger partial charge in [-0.25, -0.2) is 9.18 Å². The van der Waals surface area contributed by atoms with Crippen molar-refractivity contribution in [3.63, 3.8) is 0 Å². The monoisotopic (exact) mass is 274 g/mol. The first-order chi connectivity index (χ1) is 9.47. The van der Waals surface area contributed by atoms with Gasteiger partial charge in [0.05, 0.1) is 11.3 Å². The number of anilines is 3. The Morgan fingerprint density at radius 3 is 2.60 bits per heavy atom. The Morgan fingerprint density at radius 1 is 1.20 bits per heavy atom. The van der Waals surface area contributed by atoms with Crippen molar-refractivity contribution in [2.24, 2.45) is 0 Å². The number of nitrogens with zero attached hydrogens (tertiary/aromatic N) is 1. The molecule has 0 heterocycles. The molecule has 0 bridgehead atoms. The van der Waals surface area contributed by atoms with Gasteiger partial charge in [0.15, 0.2) is 0 Å². The molecule has 0 unspecified atom stereocenters. The number of halogens is 1. The number of carbonyl (C=O) groups is 1. The second-order valence-corrected chi connectivity index (χ2v) is 4.56. The molecule has 2 N–H and O–H groups in total. The highest BCUT2D eigenvalue weighted by atomic mass is 19.1. The molecule has 0 radical (unpaired) electrons. The fourth-order valence-electron chi connectivity index (χ4n) is 1.82. The lowest BCUT2D eigenvalue weighted by Crippen LogP contribution is -2.09. The van der Waals surface area contributed by atoms with Gasteiger partial charge in [-0.15, -0.1) is 0 Å². The number of rotatable bonds is 4. The van der Waals surface area contributed by atoms with Crippen LogP contribution < -0.4 is 10.2 Å². The summed E-state index contributed by atoms with van der Waals surface area (Å²) in [7, 11) is 3.83. The fraction of sp³-hybridized carbons (Fsp3) is 0.133. The molecule has 2 rings (SSSR count). The van der Waals surface area contributed by atoms with Crippen molar-refractivity contribution >= 4 is 23.0 Å². The summed E-state index contributed by atoms with van der Waals surface area (Å²) in [4.78, 5) is 13.1. The second-order valence-electron chi connectivity index (χ2n) is 4.56. The molecule has 2 aromatic carbocycles. The highest BCUT2D eigenvalue weighted by molar-refractivity contribution is 5.95. The third-order valence-corrected chi connectivity index (χ3v) is 2.85. The van der Waals surface area contributed by atoms with Crippen LogP contribution in [0.4, 0.5) is 21.5 Å². The van der Waals surface area contributed by atoms with Gasteiger partial charge in [-0.1, -0.05) is 6.07 Å². The van der Waals surface area contributed by atoms with E-state index in [1.165, 1.54) is 12.1 Å². The number of carboxylic acids is 1. The van der Waals surface area contributed by atoms with Crippen LogP contribution in [0, 0.1) is 5.82 Å². The molecule has 0 aromatic heterocycles. The topological polar surface area (TPSA) is 52.6 Å². The van der Waals surface area contributed by atoms with Crippen LogP contribution >= 0.6 is 0 Å². The molecule has 0 fully saturated rings. The molecule has 0 aliphatic heterocycles. The summed E-state index contributed by atoms with van der Waals surface area (Å²) in [6, 6.07) is 11.2. The lowest BCUT2D eigenvalue weighted by atomic mass is 10.1. The van der Waals surface area contributed by atoms with E-state index in [0.29, 0.717) is 5.69 Å². The van der Waals surface area contributed by atoms with Gasteiger partial charge >= 0.3 is 5.97 Å². The molecule has 20 heavy (non-hydrogen) atoms. The van der Waals surface area contributed by atoms with Crippen LogP contribution in [0.5, 0.6) is 0 Å². The Morgan fingerprint density at radius 2 is 1.95 bits per heavy atom. The van der Waals surface area contributed by atoms with Crippen molar-refractivity contribution in [1.29, 1.82) is 0 Å². The van der Waals surface area contributed by atoms with E-state index in [-0.39, 0.29) is 5.56 Å². The van der Waals surface area contributed by atoms with Gasteiger partial charge < -0.3 is 15.3 Å². The SMILES string of the molecule is CN(C)c1cccc(Nc2ccc(F)cc2C(=O)O)c1. The molecule has 5 heteroatoms. The molecular formula is C15H15FN2O2. The normalized spacial score (nSPS) is 10.2. The smallest absolute Gasteiger partial charge is 0.337 e. The van der Waals surface area contributed by atoms with Gasteiger partial charge in [0.25, 0.3) is 0 Å². The number of aromatic carboxylic acids is 1. The van der Waals surface area contributed by atoms with Crippen molar-refractivity contribution in [3.8, 4) is 0 Å². The summed E-state index contributed by atoms with van der Waals surface area (Å²) in [5.41, 5.74) is 1.98. The molecule has 0 aliphatic rings. The third-order valence-electron chi connectivity index (χ3n) is 2.85. The number of hydrogen-bond acceptors (Lipinski definition) is 3. The highest BCUT2D eigenvalue weighted by Crippen LogP contribution is 2.24. The Balaban J connectivity index is 2.35. The molecule has 0 spiro atoms. The van der Waals surface area contributed by atoms with Crippen LogP contribution in [0.1, 0.15) is 10.4 Å². The first kappa shape index (κ1) is 13.9. The fourth-order valence-corrected chi connectivity index (χ4v) is 1.82. The van der Waals surface area contributed by atoms with Crippen LogP contribution in [-0.4, -0.2) is 25.2 Å². The van der Waals surface area contributed by atoms with Crippen molar-refractivity contribution in [2.75, 3.05) is 24.3 Å². The Bertz CT molecular complexity index is 642. The average Bonchev–Trinajstić information content (AvgIpc) is 2.41.